The molecule has 98 valence electrons. The van der Waals surface area contributed by atoms with Crippen LogP contribution in [0.1, 0.15) is 20.8 Å². The van der Waals surface area contributed by atoms with Gasteiger partial charge in [-0.1, -0.05) is 6.07 Å². The third kappa shape index (κ3) is 2.79. The van der Waals surface area contributed by atoms with Crippen molar-refractivity contribution in [3.63, 3.8) is 0 Å². The van der Waals surface area contributed by atoms with Crippen molar-refractivity contribution in [3.8, 4) is 0 Å². The number of fused-ring (bicyclic) bond motifs is 1. The molecule has 0 amide bonds. The lowest BCUT2D eigenvalue weighted by atomic mass is 10.2. The Bertz CT molecular complexity index is 690. The number of hydrogen-bond donors (Lipinski definition) is 0. The number of hydrogen-bond acceptors (Lipinski definition) is 2. The van der Waals surface area contributed by atoms with E-state index in [0.29, 0.717) is 11.2 Å². The number of aromatic nitrogens is 1. The van der Waals surface area contributed by atoms with Crippen molar-refractivity contribution in [1.82, 2.24) is 4.57 Å². The van der Waals surface area contributed by atoms with Gasteiger partial charge in [0.25, 0.3) is 0 Å². The van der Waals surface area contributed by atoms with Crippen LogP contribution in [0.2, 0.25) is 0 Å². The minimum atomic E-state index is -0.545. The van der Waals surface area contributed by atoms with E-state index in [1.807, 2.05) is 20.8 Å². The van der Waals surface area contributed by atoms with Crippen LogP contribution < -0.4 is 0 Å². The predicted molar refractivity (Wildman–Crippen MR) is 77.5 cm³/mol. The van der Waals surface area contributed by atoms with Crippen molar-refractivity contribution in [2.45, 2.75) is 26.4 Å². The lowest BCUT2D eigenvalue weighted by molar-refractivity contribution is 0.0544. The zero-order chi connectivity index (χ0) is 14.2. The first kappa shape index (κ1) is 13.6. The van der Waals surface area contributed by atoms with Gasteiger partial charge in [0.15, 0.2) is 5.69 Å². The second-order valence-corrected chi connectivity index (χ2v) is 5.99. The molecule has 0 bridgehead atoms. The van der Waals surface area contributed by atoms with E-state index < -0.39 is 11.7 Å². The molecule has 0 spiro atoms. The maximum Gasteiger partial charge on any atom is 0.419 e. The Morgan fingerprint density at radius 3 is 2.68 bits per heavy atom. The van der Waals surface area contributed by atoms with Crippen molar-refractivity contribution in [1.29, 1.82) is 0 Å². The van der Waals surface area contributed by atoms with Crippen molar-refractivity contribution < 1.29 is 9.53 Å². The highest BCUT2D eigenvalue weighted by molar-refractivity contribution is 9.10. The molecule has 0 aliphatic rings. The highest BCUT2D eigenvalue weighted by Gasteiger charge is 2.20. The number of benzene rings is 1. The van der Waals surface area contributed by atoms with E-state index in [2.05, 4.69) is 20.8 Å². The van der Waals surface area contributed by atoms with E-state index >= 15 is 0 Å². The van der Waals surface area contributed by atoms with Gasteiger partial charge in [0.2, 0.25) is 0 Å². The zero-order valence-electron chi connectivity index (χ0n) is 10.9. The van der Waals surface area contributed by atoms with Crippen LogP contribution in [0.3, 0.4) is 0 Å². The van der Waals surface area contributed by atoms with Gasteiger partial charge in [0.1, 0.15) is 5.60 Å². The fourth-order valence-electron chi connectivity index (χ4n) is 1.71. The maximum absolute atomic E-state index is 12.1. The molecule has 1 heterocycles. The summed E-state index contributed by atoms with van der Waals surface area (Å²) in [5.41, 5.74) is 0.708. The molecule has 0 fully saturated rings. The quantitative estimate of drug-likeness (QED) is 0.657. The summed E-state index contributed by atoms with van der Waals surface area (Å²) >= 11 is 3.40. The Balaban J connectivity index is 2.52. The fraction of sp³-hybridized carbons (Fsp3) is 0.286. The molecule has 0 radical (unpaired) electrons. The lowest BCUT2D eigenvalue weighted by Gasteiger charge is -2.19. The molecule has 2 rings (SSSR count). The molecule has 0 unspecified atom stereocenters. The van der Waals surface area contributed by atoms with Crippen molar-refractivity contribution in [2.24, 2.45) is 0 Å². The Hall–Kier alpha value is -1.80. The van der Waals surface area contributed by atoms with E-state index in [1.54, 1.807) is 24.4 Å². The molecule has 0 atom stereocenters. The summed E-state index contributed by atoms with van der Waals surface area (Å²) in [5.74, 6) is 0. The van der Waals surface area contributed by atoms with Crippen LogP contribution in [0.5, 0.6) is 0 Å². The van der Waals surface area contributed by atoms with E-state index in [9.17, 15) is 4.79 Å². The standard InChI is InChI=1S/C14H13BrN2O2/c1-14(2,3)19-13(18)17-8-11(15)10-7-9(16-4)5-6-12(10)17/h5-8H,1-3H3. The molecule has 1 aromatic carbocycles. The van der Waals surface area contributed by atoms with Crippen molar-refractivity contribution >= 4 is 38.6 Å². The summed E-state index contributed by atoms with van der Waals surface area (Å²) in [6.07, 6.45) is 1.23. The Morgan fingerprint density at radius 2 is 2.11 bits per heavy atom. The topological polar surface area (TPSA) is 35.6 Å². The molecule has 0 saturated heterocycles. The molecule has 2 aromatic rings. The first-order valence-electron chi connectivity index (χ1n) is 5.73. The van der Waals surface area contributed by atoms with Crippen LogP contribution in [0.15, 0.2) is 28.9 Å². The van der Waals surface area contributed by atoms with Gasteiger partial charge in [-0.25, -0.2) is 9.64 Å². The molecule has 4 nitrogen and oxygen atoms in total. The molecule has 0 aliphatic heterocycles. The van der Waals surface area contributed by atoms with Crippen LogP contribution in [-0.4, -0.2) is 16.3 Å². The summed E-state index contributed by atoms with van der Waals surface area (Å²) in [7, 11) is 0. The van der Waals surface area contributed by atoms with Crippen molar-refractivity contribution in [3.05, 3.63) is 40.3 Å². The van der Waals surface area contributed by atoms with Gasteiger partial charge < -0.3 is 4.74 Å². The number of nitrogens with zero attached hydrogens (tertiary/aromatic N) is 2. The first-order valence-corrected chi connectivity index (χ1v) is 6.52. The van der Waals surface area contributed by atoms with E-state index in [-0.39, 0.29) is 0 Å². The maximum atomic E-state index is 12.1. The van der Waals surface area contributed by atoms with E-state index in [4.69, 9.17) is 11.3 Å². The number of rotatable bonds is 0. The third-order valence-electron chi connectivity index (χ3n) is 2.46. The number of carbonyl (C=O) groups is 1. The lowest BCUT2D eigenvalue weighted by Crippen LogP contribution is -2.26. The molecule has 1 aromatic heterocycles. The van der Waals surface area contributed by atoms with Gasteiger partial charge in [0, 0.05) is 16.1 Å². The predicted octanol–water partition coefficient (Wildman–Crippen LogP) is 4.74. The van der Waals surface area contributed by atoms with Gasteiger partial charge in [-0.15, -0.1) is 0 Å². The van der Waals surface area contributed by atoms with Crippen LogP contribution in [-0.2, 0) is 4.74 Å². The van der Waals surface area contributed by atoms with Crippen LogP contribution in [0.25, 0.3) is 15.7 Å². The zero-order valence-corrected chi connectivity index (χ0v) is 12.5. The molecule has 5 heteroatoms. The average molecular weight is 321 g/mol. The van der Waals surface area contributed by atoms with E-state index in [1.165, 1.54) is 4.57 Å². The summed E-state index contributed by atoms with van der Waals surface area (Å²) in [6, 6.07) is 5.17. The summed E-state index contributed by atoms with van der Waals surface area (Å²) in [5, 5.41) is 0.819. The van der Waals surface area contributed by atoms with Crippen LogP contribution in [0, 0.1) is 6.57 Å². The third-order valence-corrected chi connectivity index (χ3v) is 3.09. The molecule has 0 saturated carbocycles. The smallest absolute Gasteiger partial charge is 0.419 e. The molecule has 19 heavy (non-hydrogen) atoms. The molecule has 0 N–H and O–H groups in total. The van der Waals surface area contributed by atoms with Gasteiger partial charge in [0.05, 0.1) is 12.1 Å². The van der Waals surface area contributed by atoms with Gasteiger partial charge in [-0.05, 0) is 48.8 Å². The Labute approximate surface area is 119 Å². The van der Waals surface area contributed by atoms with Gasteiger partial charge >= 0.3 is 6.09 Å². The fourth-order valence-corrected chi connectivity index (χ4v) is 2.23. The number of ether oxygens (including phenoxy) is 1. The van der Waals surface area contributed by atoms with Gasteiger partial charge in [-0.2, -0.15) is 0 Å². The van der Waals surface area contributed by atoms with Crippen molar-refractivity contribution in [2.75, 3.05) is 0 Å². The minimum absolute atomic E-state index is 0.432. The Kier molecular flexibility index (Phi) is 3.38. The highest BCUT2D eigenvalue weighted by Crippen LogP contribution is 2.30. The SMILES string of the molecule is [C-]#[N+]c1ccc2c(c1)c(Br)cn2C(=O)OC(C)(C)C. The molecular formula is C14H13BrN2O2. The van der Waals surface area contributed by atoms with E-state index in [0.717, 1.165) is 9.86 Å². The average Bonchev–Trinajstić information content (AvgIpc) is 2.64. The highest BCUT2D eigenvalue weighted by atomic mass is 79.9. The molecular weight excluding hydrogens is 308 g/mol. The number of carbonyl (C=O) groups excluding carboxylic acids is 1. The van der Waals surface area contributed by atoms with Crippen LogP contribution in [0.4, 0.5) is 10.5 Å². The largest absolute Gasteiger partial charge is 0.443 e. The number of halogens is 1. The minimum Gasteiger partial charge on any atom is -0.443 e. The monoisotopic (exact) mass is 320 g/mol. The summed E-state index contributed by atoms with van der Waals surface area (Å²) < 4.78 is 7.55. The Morgan fingerprint density at radius 1 is 1.42 bits per heavy atom. The first-order chi connectivity index (χ1) is 8.81. The summed E-state index contributed by atoms with van der Waals surface area (Å²) in [4.78, 5) is 15.5. The van der Waals surface area contributed by atoms with Gasteiger partial charge in [-0.3, -0.25) is 4.57 Å². The summed E-state index contributed by atoms with van der Waals surface area (Å²) in [6.45, 7) is 12.5. The second-order valence-electron chi connectivity index (χ2n) is 5.14. The second kappa shape index (κ2) is 4.71. The van der Waals surface area contributed by atoms with Crippen LogP contribution >= 0.6 is 15.9 Å². The normalized spacial score (nSPS) is 11.3. The molecule has 0 aliphatic carbocycles.